The summed E-state index contributed by atoms with van der Waals surface area (Å²) in [4.78, 5) is 7.89. The molecular weight excluding hydrogens is 677 g/mol. The van der Waals surface area contributed by atoms with Gasteiger partial charge in [-0.2, -0.15) is 0 Å². The highest BCUT2D eigenvalue weighted by Crippen LogP contribution is 2.62. The molecule has 0 radical (unpaired) electrons. The van der Waals surface area contributed by atoms with Crippen molar-refractivity contribution in [3.05, 3.63) is 163 Å². The van der Waals surface area contributed by atoms with Crippen molar-refractivity contribution in [1.82, 2.24) is 0 Å². The zero-order valence-electron chi connectivity index (χ0n) is 33.2. The van der Waals surface area contributed by atoms with Gasteiger partial charge in [-0.05, 0) is 113 Å². The highest BCUT2D eigenvalue weighted by Gasteiger charge is 2.61. The molecule has 0 bridgehead atoms. The highest BCUT2D eigenvalue weighted by atomic mass is 15.3. The maximum Gasteiger partial charge on any atom is 0.252 e. The molecule has 4 heteroatoms. The number of fused-ring (bicyclic) bond motifs is 8. The van der Waals surface area contributed by atoms with E-state index in [1.807, 2.05) is 0 Å². The topological polar surface area (TPSA) is 9.72 Å². The predicted octanol–water partition coefficient (Wildman–Crippen LogP) is 12.0. The minimum absolute atomic E-state index is 0.00467. The Labute approximate surface area is 332 Å². The molecule has 3 heterocycles. The monoisotopic (exact) mass is 725 g/mol. The standard InChI is InChI=1S/C52H48BN3/c1-50(2,3)36-32-46-48-47(33-36)56-49-41(51(4)30-14-15-31-52(51,56)5)25-17-26-43(49)53(48)42-29-28-39(34-45(42)55(46)38-22-10-7-11-23-38)54(37-20-8-6-9-21-37)44-27-16-19-35-18-12-13-24-40(35)44/h6-13,16-29,32-34H,14-15,30-31H2,1-5H3. The van der Waals surface area contributed by atoms with E-state index in [-0.39, 0.29) is 23.1 Å². The predicted molar refractivity (Wildman–Crippen MR) is 239 cm³/mol. The maximum absolute atomic E-state index is 2.85. The van der Waals surface area contributed by atoms with Crippen LogP contribution in [0.15, 0.2) is 152 Å². The van der Waals surface area contributed by atoms with Crippen LogP contribution in [0.1, 0.15) is 71.4 Å². The number of benzene rings is 7. The Balaban J connectivity index is 1.23. The van der Waals surface area contributed by atoms with Gasteiger partial charge in [0.15, 0.2) is 0 Å². The van der Waals surface area contributed by atoms with E-state index in [9.17, 15) is 0 Å². The van der Waals surface area contributed by atoms with Gasteiger partial charge in [0.05, 0.1) is 11.2 Å². The van der Waals surface area contributed by atoms with Gasteiger partial charge in [-0.15, -0.1) is 0 Å². The maximum atomic E-state index is 2.85. The molecule has 2 atom stereocenters. The smallest absolute Gasteiger partial charge is 0.252 e. The molecule has 1 saturated carbocycles. The Hall–Kier alpha value is -5.74. The minimum Gasteiger partial charge on any atom is -0.335 e. The molecule has 1 fully saturated rings. The molecule has 274 valence electrons. The molecule has 11 rings (SSSR count). The third-order valence-electron chi connectivity index (χ3n) is 14.1. The van der Waals surface area contributed by atoms with Crippen LogP contribution >= 0.6 is 0 Å². The van der Waals surface area contributed by atoms with Crippen LogP contribution in [-0.4, -0.2) is 12.3 Å². The van der Waals surface area contributed by atoms with Gasteiger partial charge in [0.25, 0.3) is 6.71 Å². The van der Waals surface area contributed by atoms with Crippen LogP contribution in [-0.2, 0) is 10.8 Å². The molecule has 7 aromatic carbocycles. The van der Waals surface area contributed by atoms with E-state index in [0.717, 1.165) is 11.4 Å². The molecule has 7 aromatic rings. The Bertz CT molecular complexity index is 2690. The summed E-state index contributed by atoms with van der Waals surface area (Å²) in [7, 11) is 0. The molecule has 3 aliphatic heterocycles. The van der Waals surface area contributed by atoms with Crippen LogP contribution in [0, 0.1) is 0 Å². The number of hydrogen-bond acceptors (Lipinski definition) is 3. The SMILES string of the molecule is CC(C)(C)c1cc2c3c(c1)N1c4c(cccc4C4(C)CCCCC14C)B3c1ccc(N(c3ccccc3)c3cccc4ccccc34)cc1N2c1ccccc1. The van der Waals surface area contributed by atoms with E-state index in [4.69, 9.17) is 0 Å². The Morgan fingerprint density at radius 1 is 0.607 bits per heavy atom. The zero-order valence-corrected chi connectivity index (χ0v) is 33.2. The van der Waals surface area contributed by atoms with Gasteiger partial charge in [0, 0.05) is 50.6 Å². The summed E-state index contributed by atoms with van der Waals surface area (Å²) in [5.74, 6) is 0. The number of nitrogens with zero attached hydrogens (tertiary/aromatic N) is 3. The van der Waals surface area contributed by atoms with Crippen LogP contribution in [0.2, 0.25) is 0 Å². The van der Waals surface area contributed by atoms with Crippen molar-refractivity contribution >= 4 is 79.4 Å². The van der Waals surface area contributed by atoms with Crippen LogP contribution in [0.3, 0.4) is 0 Å². The Morgan fingerprint density at radius 2 is 1.30 bits per heavy atom. The Kier molecular flexibility index (Phi) is 7.13. The average Bonchev–Trinajstić information content (AvgIpc) is 3.43. The van der Waals surface area contributed by atoms with Gasteiger partial charge in [-0.3, -0.25) is 0 Å². The number of hydrogen-bond donors (Lipinski definition) is 0. The van der Waals surface area contributed by atoms with Crippen LogP contribution in [0.5, 0.6) is 0 Å². The third kappa shape index (κ3) is 4.53. The molecule has 4 aliphatic rings. The molecule has 0 aromatic heterocycles. The zero-order chi connectivity index (χ0) is 38.0. The van der Waals surface area contributed by atoms with Gasteiger partial charge >= 0.3 is 0 Å². The fraction of sp³-hybridized carbons (Fsp3) is 0.231. The molecule has 1 aliphatic carbocycles. The fourth-order valence-electron chi connectivity index (χ4n) is 11.1. The fourth-order valence-corrected chi connectivity index (χ4v) is 11.1. The van der Waals surface area contributed by atoms with E-state index >= 15 is 0 Å². The quantitative estimate of drug-likeness (QED) is 0.167. The number of anilines is 8. The summed E-state index contributed by atoms with van der Waals surface area (Å²) in [5.41, 5.74) is 17.3. The van der Waals surface area contributed by atoms with E-state index in [1.54, 1.807) is 5.56 Å². The van der Waals surface area contributed by atoms with Crippen LogP contribution in [0.25, 0.3) is 10.8 Å². The van der Waals surface area contributed by atoms with Crippen LogP contribution < -0.4 is 31.1 Å². The number of para-hydroxylation sites is 3. The van der Waals surface area contributed by atoms with Crippen molar-refractivity contribution in [2.75, 3.05) is 14.7 Å². The molecular formula is C52H48BN3. The lowest BCUT2D eigenvalue weighted by Crippen LogP contribution is -2.64. The van der Waals surface area contributed by atoms with Crippen molar-refractivity contribution in [2.24, 2.45) is 0 Å². The lowest BCUT2D eigenvalue weighted by Gasteiger charge is -2.53. The molecule has 0 amide bonds. The molecule has 2 unspecified atom stereocenters. The lowest BCUT2D eigenvalue weighted by molar-refractivity contribution is 0.195. The molecule has 3 nitrogen and oxygen atoms in total. The molecule has 56 heavy (non-hydrogen) atoms. The minimum atomic E-state index is -0.0414. The first-order valence-corrected chi connectivity index (χ1v) is 20.6. The molecule has 0 N–H and O–H groups in total. The highest BCUT2D eigenvalue weighted by molar-refractivity contribution is 7.00. The summed E-state index contributed by atoms with van der Waals surface area (Å²) in [6.07, 6.45) is 4.98. The normalized spacial score (nSPS) is 20.3. The second kappa shape index (κ2) is 11.9. The first-order valence-electron chi connectivity index (χ1n) is 20.6. The first-order chi connectivity index (χ1) is 27.2. The first kappa shape index (κ1) is 33.6. The van der Waals surface area contributed by atoms with Crippen LogP contribution in [0.4, 0.5) is 45.5 Å². The summed E-state index contributed by atoms with van der Waals surface area (Å²) >= 11 is 0. The summed E-state index contributed by atoms with van der Waals surface area (Å²) < 4.78 is 0. The molecule has 0 saturated heterocycles. The van der Waals surface area contributed by atoms with Gasteiger partial charge in [-0.25, -0.2) is 0 Å². The van der Waals surface area contributed by atoms with Gasteiger partial charge in [-0.1, -0.05) is 138 Å². The Morgan fingerprint density at radius 3 is 2.11 bits per heavy atom. The van der Waals surface area contributed by atoms with Gasteiger partial charge in [0.1, 0.15) is 0 Å². The van der Waals surface area contributed by atoms with Crippen molar-refractivity contribution < 1.29 is 0 Å². The van der Waals surface area contributed by atoms with E-state index in [2.05, 4.69) is 201 Å². The average molecular weight is 726 g/mol. The summed E-state index contributed by atoms with van der Waals surface area (Å²) in [6, 6.07) is 57.1. The van der Waals surface area contributed by atoms with E-state index in [1.165, 1.54) is 92.5 Å². The van der Waals surface area contributed by atoms with Gasteiger partial charge in [0.2, 0.25) is 0 Å². The van der Waals surface area contributed by atoms with Gasteiger partial charge < -0.3 is 14.7 Å². The second-order valence-electron chi connectivity index (χ2n) is 18.1. The van der Waals surface area contributed by atoms with Crippen molar-refractivity contribution in [2.45, 2.75) is 76.7 Å². The van der Waals surface area contributed by atoms with Crippen molar-refractivity contribution in [1.29, 1.82) is 0 Å². The second-order valence-corrected chi connectivity index (χ2v) is 18.1. The third-order valence-corrected chi connectivity index (χ3v) is 14.1. The van der Waals surface area contributed by atoms with E-state index in [0.29, 0.717) is 0 Å². The number of rotatable bonds is 4. The largest absolute Gasteiger partial charge is 0.335 e. The van der Waals surface area contributed by atoms with Crippen molar-refractivity contribution in [3.63, 3.8) is 0 Å². The summed E-state index contributed by atoms with van der Waals surface area (Å²) in [6.45, 7) is 12.4. The van der Waals surface area contributed by atoms with E-state index < -0.39 is 0 Å². The molecule has 0 spiro atoms. The lowest BCUT2D eigenvalue weighted by atomic mass is 9.33. The summed E-state index contributed by atoms with van der Waals surface area (Å²) in [5, 5.41) is 2.47. The van der Waals surface area contributed by atoms with Crippen molar-refractivity contribution in [3.8, 4) is 0 Å².